The van der Waals surface area contributed by atoms with Crippen molar-refractivity contribution in [2.45, 2.75) is 89.8 Å². The van der Waals surface area contributed by atoms with E-state index in [1.54, 1.807) is 0 Å². The molecule has 3 fully saturated rings. The first-order valence-electron chi connectivity index (χ1n) is 11.4. The second kappa shape index (κ2) is 10.1. The highest BCUT2D eigenvalue weighted by molar-refractivity contribution is 5.66. The van der Waals surface area contributed by atoms with E-state index < -0.39 is 5.97 Å². The highest BCUT2D eigenvalue weighted by Gasteiger charge is 2.45. The highest BCUT2D eigenvalue weighted by Crippen LogP contribution is 2.50. The average molecular weight is 391 g/mol. The van der Waals surface area contributed by atoms with Crippen molar-refractivity contribution in [3.63, 3.8) is 0 Å². The SMILES string of the molecule is CCC1CCCC([C@@H](O)/C=C/[C@@H]2[C@H]3C/C(=C/CCCC(=O)O)C[C@@H]3C[C@H]2O)C1. The van der Waals surface area contributed by atoms with Crippen LogP contribution in [0, 0.1) is 29.6 Å². The Labute approximate surface area is 169 Å². The molecule has 0 aliphatic heterocycles. The number of unbranched alkanes of at least 4 members (excludes halogenated alkanes) is 1. The molecule has 7 atom stereocenters. The summed E-state index contributed by atoms with van der Waals surface area (Å²) >= 11 is 0. The van der Waals surface area contributed by atoms with E-state index in [9.17, 15) is 15.0 Å². The van der Waals surface area contributed by atoms with Crippen LogP contribution in [-0.4, -0.2) is 33.5 Å². The molecule has 2 unspecified atom stereocenters. The number of fused-ring (bicyclic) bond motifs is 1. The second-order valence-corrected chi connectivity index (χ2v) is 9.44. The van der Waals surface area contributed by atoms with E-state index >= 15 is 0 Å². The average Bonchev–Trinajstić information content (AvgIpc) is 3.19. The maximum Gasteiger partial charge on any atom is 0.303 e. The Morgan fingerprint density at radius 2 is 2.07 bits per heavy atom. The lowest BCUT2D eigenvalue weighted by molar-refractivity contribution is -0.137. The van der Waals surface area contributed by atoms with Crippen LogP contribution >= 0.6 is 0 Å². The van der Waals surface area contributed by atoms with Gasteiger partial charge in [-0.2, -0.15) is 0 Å². The number of carboxylic acid groups (broad SMARTS) is 1. The van der Waals surface area contributed by atoms with Gasteiger partial charge in [-0.3, -0.25) is 4.79 Å². The minimum atomic E-state index is -0.725. The van der Waals surface area contributed by atoms with Gasteiger partial charge < -0.3 is 15.3 Å². The van der Waals surface area contributed by atoms with E-state index in [4.69, 9.17) is 5.11 Å². The maximum absolute atomic E-state index is 10.7. The molecular formula is C24H38O4. The van der Waals surface area contributed by atoms with Gasteiger partial charge in [0.25, 0.3) is 0 Å². The lowest BCUT2D eigenvalue weighted by Crippen LogP contribution is -2.26. The number of aliphatic hydroxyl groups excluding tert-OH is 2. The van der Waals surface area contributed by atoms with Crippen LogP contribution in [0.2, 0.25) is 0 Å². The molecule has 0 amide bonds. The van der Waals surface area contributed by atoms with Crippen molar-refractivity contribution in [3.05, 3.63) is 23.8 Å². The summed E-state index contributed by atoms with van der Waals surface area (Å²) in [5.74, 6) is 1.56. The molecule has 0 aromatic carbocycles. The molecule has 3 rings (SSSR count). The molecule has 4 nitrogen and oxygen atoms in total. The van der Waals surface area contributed by atoms with Crippen LogP contribution in [0.15, 0.2) is 23.8 Å². The van der Waals surface area contributed by atoms with Crippen LogP contribution in [0.5, 0.6) is 0 Å². The Balaban J connectivity index is 1.53. The number of rotatable bonds is 8. The smallest absolute Gasteiger partial charge is 0.303 e. The molecule has 3 aliphatic rings. The minimum absolute atomic E-state index is 0.148. The molecule has 0 aromatic rings. The lowest BCUT2D eigenvalue weighted by atomic mass is 9.77. The third-order valence-electron chi connectivity index (χ3n) is 7.55. The summed E-state index contributed by atoms with van der Waals surface area (Å²) in [7, 11) is 0. The van der Waals surface area contributed by atoms with E-state index in [0.717, 1.165) is 44.4 Å². The zero-order chi connectivity index (χ0) is 20.1. The molecule has 0 aromatic heterocycles. The second-order valence-electron chi connectivity index (χ2n) is 9.44. The van der Waals surface area contributed by atoms with E-state index in [0.29, 0.717) is 24.2 Å². The summed E-state index contributed by atoms with van der Waals surface area (Å²) in [4.78, 5) is 10.6. The van der Waals surface area contributed by atoms with E-state index in [2.05, 4.69) is 19.1 Å². The van der Waals surface area contributed by atoms with Crippen LogP contribution in [0.3, 0.4) is 0 Å². The van der Waals surface area contributed by atoms with Crippen LogP contribution < -0.4 is 0 Å². The predicted octanol–water partition coefficient (Wildman–Crippen LogP) is 4.71. The fourth-order valence-corrected chi connectivity index (χ4v) is 5.91. The Bertz CT molecular complexity index is 581. The molecule has 4 heteroatoms. The molecule has 3 saturated carbocycles. The topological polar surface area (TPSA) is 77.8 Å². The monoisotopic (exact) mass is 390 g/mol. The molecule has 28 heavy (non-hydrogen) atoms. The first kappa shape index (κ1) is 21.6. The van der Waals surface area contributed by atoms with Crippen molar-refractivity contribution >= 4 is 5.97 Å². The molecule has 0 bridgehead atoms. The summed E-state index contributed by atoms with van der Waals surface area (Å²) in [5.41, 5.74) is 1.43. The van der Waals surface area contributed by atoms with Gasteiger partial charge in [0.2, 0.25) is 0 Å². The van der Waals surface area contributed by atoms with Gasteiger partial charge >= 0.3 is 5.97 Å². The summed E-state index contributed by atoms with van der Waals surface area (Å²) in [6, 6.07) is 0. The standard InChI is InChI=1S/C24H38O4/c1-2-16-7-5-8-18(12-16)22(25)11-10-20-21-14-17(6-3-4-9-24(27)28)13-19(21)15-23(20)26/h6,10-11,16,18-23,25-26H,2-5,7-9,12-15H2,1H3,(H,27,28)/b11-10+,17-6+/t16?,18?,19-,20-,21+,22+,23-/m1/s1. The van der Waals surface area contributed by atoms with Gasteiger partial charge in [0.1, 0.15) is 0 Å². The van der Waals surface area contributed by atoms with Gasteiger partial charge in [-0.25, -0.2) is 0 Å². The first-order valence-corrected chi connectivity index (χ1v) is 11.4. The number of allylic oxidation sites excluding steroid dienone is 2. The summed E-state index contributed by atoms with van der Waals surface area (Å²) in [6.07, 6.45) is 16.3. The third-order valence-corrected chi connectivity index (χ3v) is 7.55. The van der Waals surface area contributed by atoms with Crippen molar-refractivity contribution in [3.8, 4) is 0 Å². The molecular weight excluding hydrogens is 352 g/mol. The summed E-state index contributed by atoms with van der Waals surface area (Å²) in [5, 5.41) is 30.0. The number of carboxylic acids is 1. The van der Waals surface area contributed by atoms with Crippen LogP contribution in [0.1, 0.15) is 77.6 Å². The van der Waals surface area contributed by atoms with Crippen molar-refractivity contribution in [2.75, 3.05) is 0 Å². The fourth-order valence-electron chi connectivity index (χ4n) is 5.91. The highest BCUT2D eigenvalue weighted by atomic mass is 16.4. The van der Waals surface area contributed by atoms with E-state index in [-0.39, 0.29) is 24.5 Å². The van der Waals surface area contributed by atoms with Gasteiger partial charge in [-0.1, -0.05) is 50.0 Å². The summed E-state index contributed by atoms with van der Waals surface area (Å²) < 4.78 is 0. The Morgan fingerprint density at radius 1 is 1.25 bits per heavy atom. The molecule has 3 aliphatic carbocycles. The first-order chi connectivity index (χ1) is 13.5. The number of hydrogen-bond donors (Lipinski definition) is 3. The zero-order valence-electron chi connectivity index (χ0n) is 17.3. The van der Waals surface area contributed by atoms with Crippen LogP contribution in [0.4, 0.5) is 0 Å². The van der Waals surface area contributed by atoms with Gasteiger partial charge in [-0.15, -0.1) is 0 Å². The van der Waals surface area contributed by atoms with Gasteiger partial charge in [-0.05, 0) is 68.6 Å². The lowest BCUT2D eigenvalue weighted by Gasteiger charge is -2.30. The maximum atomic E-state index is 10.7. The minimum Gasteiger partial charge on any atom is -0.481 e. The molecule has 0 heterocycles. The normalized spacial score (nSPS) is 38.2. The van der Waals surface area contributed by atoms with Gasteiger partial charge in [0.15, 0.2) is 0 Å². The largest absolute Gasteiger partial charge is 0.481 e. The van der Waals surface area contributed by atoms with Crippen molar-refractivity contribution in [1.82, 2.24) is 0 Å². The van der Waals surface area contributed by atoms with Crippen molar-refractivity contribution in [2.24, 2.45) is 29.6 Å². The molecule has 0 spiro atoms. The summed E-state index contributed by atoms with van der Waals surface area (Å²) in [6.45, 7) is 2.25. The van der Waals surface area contributed by atoms with Crippen LogP contribution in [0.25, 0.3) is 0 Å². The number of aliphatic hydroxyl groups is 2. The molecule has 158 valence electrons. The molecule has 0 radical (unpaired) electrons. The predicted molar refractivity (Wildman–Crippen MR) is 111 cm³/mol. The quantitative estimate of drug-likeness (QED) is 0.414. The fraction of sp³-hybridized carbons (Fsp3) is 0.792. The Morgan fingerprint density at radius 3 is 2.82 bits per heavy atom. The van der Waals surface area contributed by atoms with Gasteiger partial charge in [0.05, 0.1) is 12.2 Å². The third kappa shape index (κ3) is 5.48. The molecule has 0 saturated heterocycles. The molecule has 3 N–H and O–H groups in total. The zero-order valence-corrected chi connectivity index (χ0v) is 17.3. The van der Waals surface area contributed by atoms with Crippen LogP contribution in [-0.2, 0) is 4.79 Å². The van der Waals surface area contributed by atoms with Crippen molar-refractivity contribution in [1.29, 1.82) is 0 Å². The van der Waals surface area contributed by atoms with E-state index in [1.165, 1.54) is 24.8 Å². The van der Waals surface area contributed by atoms with Gasteiger partial charge in [0, 0.05) is 12.3 Å². The number of carbonyl (C=O) groups is 1. The number of aliphatic carboxylic acids is 1. The number of hydrogen-bond acceptors (Lipinski definition) is 3. The van der Waals surface area contributed by atoms with E-state index in [1.807, 2.05) is 6.08 Å². The van der Waals surface area contributed by atoms with Crippen molar-refractivity contribution < 1.29 is 20.1 Å². The Hall–Kier alpha value is -1.13. The Kier molecular flexibility index (Phi) is 7.76.